The number of benzene rings is 1. The average molecular weight is 276 g/mol. The maximum absolute atomic E-state index is 7.51. The van der Waals surface area contributed by atoms with Crippen LogP contribution in [0.1, 0.15) is 19.4 Å². The average Bonchev–Trinajstić information content (AvgIpc) is 2.47. The smallest absolute Gasteiger partial charge is 0.119 e. The van der Waals surface area contributed by atoms with Gasteiger partial charge in [-0.05, 0) is 43.5 Å². The molecule has 19 heavy (non-hydrogen) atoms. The van der Waals surface area contributed by atoms with E-state index in [0.717, 1.165) is 12.2 Å². The van der Waals surface area contributed by atoms with E-state index in [-0.39, 0.29) is 8.73 Å². The van der Waals surface area contributed by atoms with E-state index in [1.165, 1.54) is 11.1 Å². The van der Waals surface area contributed by atoms with Crippen LogP contribution < -0.4 is 10.2 Å². The molecular weight excluding hydrogens is 255 g/mol. The fourth-order valence-electron chi connectivity index (χ4n) is 1.49. The number of nitriles is 1. The molecular formula is C15H21N2OP. The van der Waals surface area contributed by atoms with E-state index >= 15 is 0 Å². The highest BCUT2D eigenvalue weighted by Gasteiger charge is 1.97. The second-order valence-corrected chi connectivity index (χ2v) is 4.16. The quantitative estimate of drug-likeness (QED) is 0.672. The summed E-state index contributed by atoms with van der Waals surface area (Å²) in [7, 11) is 1.64. The predicted molar refractivity (Wildman–Crippen MR) is 83.4 cm³/mol. The molecule has 102 valence electrons. The first-order chi connectivity index (χ1) is 9.21. The molecule has 1 rings (SSSR count). The Morgan fingerprint density at radius 3 is 2.63 bits per heavy atom. The van der Waals surface area contributed by atoms with Crippen LogP contribution in [-0.2, 0) is 6.42 Å². The van der Waals surface area contributed by atoms with E-state index in [1.807, 2.05) is 19.1 Å². The van der Waals surface area contributed by atoms with Gasteiger partial charge in [-0.1, -0.05) is 30.4 Å². The third kappa shape index (κ3) is 8.15. The van der Waals surface area contributed by atoms with Gasteiger partial charge in [-0.2, -0.15) is 5.26 Å². The molecule has 0 spiro atoms. The fraction of sp³-hybridized carbons (Fsp3) is 0.267. The summed E-state index contributed by atoms with van der Waals surface area (Å²) in [5, 5.41) is 7.51. The summed E-state index contributed by atoms with van der Waals surface area (Å²) in [6, 6.07) is 8.19. The first-order valence-electron chi connectivity index (χ1n) is 5.97. The molecule has 1 aromatic rings. The van der Waals surface area contributed by atoms with E-state index < -0.39 is 0 Å². The van der Waals surface area contributed by atoms with Crippen LogP contribution in [0.15, 0.2) is 48.1 Å². The molecule has 0 bridgehead atoms. The molecule has 1 atom stereocenters. The monoisotopic (exact) mass is 276 g/mol. The lowest BCUT2D eigenvalue weighted by Gasteiger charge is -2.05. The Labute approximate surface area is 117 Å². The molecule has 0 saturated heterocycles. The Bertz CT molecular complexity index is 461. The maximum Gasteiger partial charge on any atom is 0.119 e. The van der Waals surface area contributed by atoms with Crippen LogP contribution in [0.5, 0.6) is 5.75 Å². The third-order valence-electron chi connectivity index (χ3n) is 2.36. The van der Waals surface area contributed by atoms with E-state index in [1.54, 1.807) is 12.9 Å². The zero-order valence-electron chi connectivity index (χ0n) is 11.7. The number of allylic oxidation sites excluding steroid dienone is 4. The van der Waals surface area contributed by atoms with Crippen molar-refractivity contribution >= 4 is 8.73 Å². The standard InChI is InChI=1S/C14H18O.CH3N2P/c1-4-7-12(5-2)10-13-8-6-9-14(11-13)15-3;2-1-4-3/h4-9,11H,10H2,1-3H3;4H,3H2/b7-4-,12-5+;. The van der Waals surface area contributed by atoms with Crippen molar-refractivity contribution in [3.63, 3.8) is 0 Å². The zero-order chi connectivity index (χ0) is 14.5. The van der Waals surface area contributed by atoms with Crippen molar-refractivity contribution in [1.29, 1.82) is 5.26 Å². The highest BCUT2D eigenvalue weighted by molar-refractivity contribution is 7.40. The summed E-state index contributed by atoms with van der Waals surface area (Å²) in [5.41, 5.74) is 7.30. The molecule has 0 heterocycles. The Kier molecular flexibility index (Phi) is 10.5. The van der Waals surface area contributed by atoms with Crippen LogP contribution in [0.2, 0.25) is 0 Å². The van der Waals surface area contributed by atoms with Crippen LogP contribution in [0.25, 0.3) is 0 Å². The first-order valence-corrected chi connectivity index (χ1v) is 7.05. The lowest BCUT2D eigenvalue weighted by molar-refractivity contribution is 0.414. The Morgan fingerprint density at radius 1 is 1.47 bits per heavy atom. The van der Waals surface area contributed by atoms with Crippen LogP contribution >= 0.6 is 8.73 Å². The van der Waals surface area contributed by atoms with Crippen molar-refractivity contribution in [3.05, 3.63) is 53.6 Å². The van der Waals surface area contributed by atoms with Gasteiger partial charge in [-0.3, -0.25) is 0 Å². The third-order valence-corrected chi connectivity index (χ3v) is 2.49. The number of rotatable bonds is 4. The lowest BCUT2D eigenvalue weighted by Crippen LogP contribution is -1.89. The number of ether oxygens (including phenoxy) is 1. The van der Waals surface area contributed by atoms with Crippen molar-refractivity contribution in [1.82, 2.24) is 0 Å². The molecule has 1 aromatic carbocycles. The Balaban J connectivity index is 0.000000711. The summed E-state index contributed by atoms with van der Waals surface area (Å²) in [4.78, 5) is 0. The SMILES string of the molecule is C/C=C\C(=C/C)Cc1cccc(OC)c1.N#CPN. The van der Waals surface area contributed by atoms with Gasteiger partial charge in [0, 0.05) is 0 Å². The molecule has 0 aromatic heterocycles. The van der Waals surface area contributed by atoms with E-state index in [4.69, 9.17) is 15.5 Å². The van der Waals surface area contributed by atoms with E-state index in [9.17, 15) is 0 Å². The van der Waals surface area contributed by atoms with Gasteiger partial charge in [0.2, 0.25) is 0 Å². The van der Waals surface area contributed by atoms with Gasteiger partial charge in [-0.15, -0.1) is 0 Å². The number of methoxy groups -OCH3 is 1. The summed E-state index contributed by atoms with van der Waals surface area (Å²) >= 11 is 0. The minimum atomic E-state index is -0.0540. The zero-order valence-corrected chi connectivity index (χ0v) is 12.7. The van der Waals surface area contributed by atoms with Crippen molar-refractivity contribution < 1.29 is 4.74 Å². The number of hydrogen-bond acceptors (Lipinski definition) is 3. The lowest BCUT2D eigenvalue weighted by atomic mass is 10.0. The molecule has 2 N–H and O–H groups in total. The Hall–Kier alpha value is -1.62. The highest BCUT2D eigenvalue weighted by Crippen LogP contribution is 2.16. The minimum absolute atomic E-state index is 0.0540. The summed E-state index contributed by atoms with van der Waals surface area (Å²) in [6.45, 7) is 4.10. The maximum atomic E-state index is 7.51. The summed E-state index contributed by atoms with van der Waals surface area (Å²) in [5.74, 6) is 2.66. The largest absolute Gasteiger partial charge is 0.497 e. The van der Waals surface area contributed by atoms with Crippen LogP contribution in [0, 0.1) is 11.1 Å². The molecule has 0 aliphatic heterocycles. The fourth-order valence-corrected chi connectivity index (χ4v) is 1.49. The molecule has 0 fully saturated rings. The molecule has 4 heteroatoms. The number of hydrogen-bond donors (Lipinski definition) is 1. The van der Waals surface area contributed by atoms with Crippen molar-refractivity contribution in [2.24, 2.45) is 5.50 Å². The van der Waals surface area contributed by atoms with Gasteiger partial charge < -0.3 is 10.2 Å². The number of nitrogens with two attached hydrogens (primary N) is 1. The van der Waals surface area contributed by atoms with Gasteiger partial charge in [0.25, 0.3) is 0 Å². The van der Waals surface area contributed by atoms with Gasteiger partial charge in [0.1, 0.15) is 11.6 Å². The van der Waals surface area contributed by atoms with Gasteiger partial charge in [0.15, 0.2) is 0 Å². The van der Waals surface area contributed by atoms with Crippen LogP contribution in [0.3, 0.4) is 0 Å². The minimum Gasteiger partial charge on any atom is -0.497 e. The van der Waals surface area contributed by atoms with Crippen LogP contribution in [0.4, 0.5) is 0 Å². The molecule has 0 amide bonds. The molecule has 0 radical (unpaired) electrons. The van der Waals surface area contributed by atoms with E-state index in [0.29, 0.717) is 0 Å². The topological polar surface area (TPSA) is 59.0 Å². The molecule has 1 unspecified atom stereocenters. The normalized spacial score (nSPS) is 11.2. The predicted octanol–water partition coefficient (Wildman–Crippen LogP) is 3.78. The first kappa shape index (κ1) is 17.4. The Morgan fingerprint density at radius 2 is 2.16 bits per heavy atom. The molecule has 3 nitrogen and oxygen atoms in total. The van der Waals surface area contributed by atoms with E-state index in [2.05, 4.69) is 37.3 Å². The summed E-state index contributed by atoms with van der Waals surface area (Å²) < 4.78 is 5.19. The van der Waals surface area contributed by atoms with Crippen LogP contribution in [-0.4, -0.2) is 7.11 Å². The second kappa shape index (κ2) is 11.5. The van der Waals surface area contributed by atoms with Crippen molar-refractivity contribution in [3.8, 4) is 11.6 Å². The van der Waals surface area contributed by atoms with Gasteiger partial charge >= 0.3 is 0 Å². The summed E-state index contributed by atoms with van der Waals surface area (Å²) in [6.07, 6.45) is 7.30. The van der Waals surface area contributed by atoms with Gasteiger partial charge in [-0.25, -0.2) is 0 Å². The molecule has 0 aliphatic rings. The molecule has 0 saturated carbocycles. The second-order valence-electron chi connectivity index (χ2n) is 3.65. The highest BCUT2D eigenvalue weighted by atomic mass is 31.1. The van der Waals surface area contributed by atoms with Gasteiger partial charge in [0.05, 0.1) is 15.8 Å². The van der Waals surface area contributed by atoms with Crippen molar-refractivity contribution in [2.45, 2.75) is 20.3 Å². The number of nitrogens with zero attached hydrogens (tertiary/aromatic N) is 1. The van der Waals surface area contributed by atoms with Crippen molar-refractivity contribution in [2.75, 3.05) is 7.11 Å². The molecule has 0 aliphatic carbocycles.